The van der Waals surface area contributed by atoms with Crippen molar-refractivity contribution in [3.8, 4) is 0 Å². The molecule has 0 spiro atoms. The van der Waals surface area contributed by atoms with Crippen molar-refractivity contribution in [2.24, 2.45) is 0 Å². The molecule has 2 aromatic carbocycles. The van der Waals surface area contributed by atoms with Gasteiger partial charge in [-0.05, 0) is 42.7 Å². The van der Waals surface area contributed by atoms with Crippen LogP contribution in [0.1, 0.15) is 32.3 Å². The zero-order valence-corrected chi connectivity index (χ0v) is 21.0. The van der Waals surface area contributed by atoms with Gasteiger partial charge in [0, 0.05) is 25.4 Å². The second-order valence-electron chi connectivity index (χ2n) is 7.88. The molecule has 0 unspecified atom stereocenters. The predicted octanol–water partition coefficient (Wildman–Crippen LogP) is 5.33. The summed E-state index contributed by atoms with van der Waals surface area (Å²) in [6.45, 7) is 5.78. The first kappa shape index (κ1) is 24.5. The van der Waals surface area contributed by atoms with Crippen LogP contribution >= 0.6 is 23.4 Å². The van der Waals surface area contributed by atoms with Crippen LogP contribution in [0.25, 0.3) is 11.0 Å². The number of imidazole rings is 1. The van der Waals surface area contributed by atoms with E-state index in [4.69, 9.17) is 21.3 Å². The second-order valence-corrected chi connectivity index (χ2v) is 11.2. The summed E-state index contributed by atoms with van der Waals surface area (Å²) in [6.07, 6.45) is 2.05. The summed E-state index contributed by atoms with van der Waals surface area (Å²) < 4.78 is 49.7. The minimum atomic E-state index is -3.60. The Morgan fingerprint density at radius 1 is 1.27 bits per heavy atom. The van der Waals surface area contributed by atoms with Gasteiger partial charge in [-0.15, -0.1) is 0 Å². The largest absolute Gasteiger partial charge is 0.376 e. The van der Waals surface area contributed by atoms with Gasteiger partial charge in [0.15, 0.2) is 5.16 Å². The molecule has 1 aliphatic rings. The summed E-state index contributed by atoms with van der Waals surface area (Å²) in [6, 6.07) is 10.0. The van der Waals surface area contributed by atoms with E-state index in [2.05, 4.69) is 0 Å². The van der Waals surface area contributed by atoms with Crippen molar-refractivity contribution in [1.29, 1.82) is 0 Å². The normalized spacial score (nSPS) is 16.8. The number of hydrogen-bond donors (Lipinski definition) is 0. The molecule has 178 valence electrons. The molecule has 3 aromatic rings. The Morgan fingerprint density at radius 2 is 2.06 bits per heavy atom. The number of nitrogens with zero attached hydrogens (tertiary/aromatic N) is 3. The van der Waals surface area contributed by atoms with Gasteiger partial charge in [0.2, 0.25) is 10.0 Å². The van der Waals surface area contributed by atoms with Crippen molar-refractivity contribution in [2.45, 2.75) is 55.1 Å². The van der Waals surface area contributed by atoms with Gasteiger partial charge in [-0.2, -0.15) is 4.31 Å². The van der Waals surface area contributed by atoms with E-state index in [1.165, 1.54) is 22.1 Å². The molecule has 0 aliphatic carbocycles. The van der Waals surface area contributed by atoms with Crippen molar-refractivity contribution < 1.29 is 17.5 Å². The molecule has 2 heterocycles. The zero-order chi connectivity index (χ0) is 23.6. The highest BCUT2D eigenvalue weighted by Gasteiger charge is 2.25. The Bertz CT molecular complexity index is 1240. The number of ether oxygens (including phenoxy) is 1. The first-order valence-electron chi connectivity index (χ1n) is 11.0. The lowest BCUT2D eigenvalue weighted by Crippen LogP contribution is -2.30. The zero-order valence-electron chi connectivity index (χ0n) is 18.6. The van der Waals surface area contributed by atoms with Crippen molar-refractivity contribution >= 4 is 44.4 Å². The lowest BCUT2D eigenvalue weighted by Gasteiger charge is -2.18. The maximum atomic E-state index is 14.4. The molecule has 4 rings (SSSR count). The number of sulfonamides is 1. The van der Waals surface area contributed by atoms with Crippen LogP contribution in [0.15, 0.2) is 46.5 Å². The fourth-order valence-corrected chi connectivity index (χ4v) is 6.71. The van der Waals surface area contributed by atoms with Crippen molar-refractivity contribution in [3.05, 3.63) is 52.8 Å². The maximum Gasteiger partial charge on any atom is 0.243 e. The van der Waals surface area contributed by atoms with Gasteiger partial charge < -0.3 is 9.30 Å². The topological polar surface area (TPSA) is 64.4 Å². The van der Waals surface area contributed by atoms with E-state index in [0.29, 0.717) is 41.6 Å². The maximum absolute atomic E-state index is 14.4. The van der Waals surface area contributed by atoms with Crippen LogP contribution in [-0.4, -0.2) is 48.1 Å². The number of benzene rings is 2. The lowest BCUT2D eigenvalue weighted by atomic mass is 10.2. The Kier molecular flexibility index (Phi) is 7.65. The standard InChI is InChI=1S/C23H27ClFN3O3S2/c1-3-27(4-2)33(29,30)18-10-11-21-20(13-18)26-23(28(21)14-17-8-6-12-31-17)32-15-16-7-5-9-19(24)22(16)25/h5,7,9-11,13,17H,3-4,6,8,12,14-15H2,1-2H3/t17-/m0/s1. The summed E-state index contributed by atoms with van der Waals surface area (Å²) in [5.74, 6) is -0.0766. The molecule has 0 N–H and O–H groups in total. The highest BCUT2D eigenvalue weighted by Crippen LogP contribution is 2.32. The molecule has 1 saturated heterocycles. The van der Waals surface area contributed by atoms with Crippen molar-refractivity contribution in [3.63, 3.8) is 0 Å². The van der Waals surface area contributed by atoms with Gasteiger partial charge in [-0.25, -0.2) is 17.8 Å². The quantitative estimate of drug-likeness (QED) is 0.363. The third-order valence-electron chi connectivity index (χ3n) is 5.83. The van der Waals surface area contributed by atoms with Crippen LogP contribution in [-0.2, 0) is 27.1 Å². The molecule has 0 saturated carbocycles. The lowest BCUT2D eigenvalue weighted by molar-refractivity contribution is 0.0960. The van der Waals surface area contributed by atoms with E-state index in [9.17, 15) is 12.8 Å². The summed E-state index contributed by atoms with van der Waals surface area (Å²) >= 11 is 7.33. The molecule has 1 aromatic heterocycles. The molecule has 6 nitrogen and oxygen atoms in total. The van der Waals surface area contributed by atoms with Crippen LogP contribution in [0.3, 0.4) is 0 Å². The number of halogens is 2. The molecular weight excluding hydrogens is 485 g/mol. The Balaban J connectivity index is 1.71. The van der Waals surface area contributed by atoms with Gasteiger partial charge in [-0.1, -0.05) is 49.3 Å². The van der Waals surface area contributed by atoms with Gasteiger partial charge >= 0.3 is 0 Å². The molecule has 33 heavy (non-hydrogen) atoms. The first-order chi connectivity index (χ1) is 15.8. The fraction of sp³-hybridized carbons (Fsp3) is 0.435. The van der Waals surface area contributed by atoms with Crippen LogP contribution < -0.4 is 0 Å². The van der Waals surface area contributed by atoms with E-state index in [-0.39, 0.29) is 16.0 Å². The molecule has 1 atom stereocenters. The SMILES string of the molecule is CCN(CC)S(=O)(=O)c1ccc2c(c1)nc(SCc1cccc(Cl)c1F)n2C[C@@H]1CCCO1. The summed E-state index contributed by atoms with van der Waals surface area (Å²) in [7, 11) is -3.60. The third-order valence-corrected chi connectivity index (χ3v) is 9.19. The van der Waals surface area contributed by atoms with Crippen LogP contribution in [0.4, 0.5) is 4.39 Å². The summed E-state index contributed by atoms with van der Waals surface area (Å²) in [4.78, 5) is 4.96. The van der Waals surface area contributed by atoms with Crippen LogP contribution in [0, 0.1) is 5.82 Å². The van der Waals surface area contributed by atoms with Gasteiger partial charge in [0.05, 0.1) is 33.6 Å². The van der Waals surface area contributed by atoms with Crippen molar-refractivity contribution in [2.75, 3.05) is 19.7 Å². The average molecular weight is 512 g/mol. The number of rotatable bonds is 9. The van der Waals surface area contributed by atoms with Crippen LogP contribution in [0.5, 0.6) is 0 Å². The molecule has 1 aliphatic heterocycles. The van der Waals surface area contributed by atoms with Crippen molar-refractivity contribution in [1.82, 2.24) is 13.9 Å². The molecule has 10 heteroatoms. The molecular formula is C23H27ClFN3O3S2. The molecule has 0 amide bonds. The number of hydrogen-bond acceptors (Lipinski definition) is 5. The first-order valence-corrected chi connectivity index (χ1v) is 13.8. The van der Waals surface area contributed by atoms with E-state index in [1.807, 2.05) is 18.4 Å². The highest BCUT2D eigenvalue weighted by atomic mass is 35.5. The van der Waals surface area contributed by atoms with E-state index in [1.54, 1.807) is 30.3 Å². The molecule has 0 bridgehead atoms. The summed E-state index contributed by atoms with van der Waals surface area (Å²) in [5.41, 5.74) is 1.92. The Morgan fingerprint density at radius 3 is 2.76 bits per heavy atom. The number of fused-ring (bicyclic) bond motifs is 1. The summed E-state index contributed by atoms with van der Waals surface area (Å²) in [5, 5.41) is 0.782. The van der Waals surface area contributed by atoms with E-state index >= 15 is 0 Å². The van der Waals surface area contributed by atoms with Gasteiger partial charge in [-0.3, -0.25) is 0 Å². The number of aromatic nitrogens is 2. The second kappa shape index (κ2) is 10.3. The minimum absolute atomic E-state index is 0.0729. The third kappa shape index (κ3) is 5.07. The fourth-order valence-electron chi connectivity index (χ4n) is 4.04. The molecule has 1 fully saturated rings. The highest BCUT2D eigenvalue weighted by molar-refractivity contribution is 7.98. The van der Waals surface area contributed by atoms with Gasteiger partial charge in [0.1, 0.15) is 5.82 Å². The number of thioether (sulfide) groups is 1. The van der Waals surface area contributed by atoms with Crippen LogP contribution in [0.2, 0.25) is 5.02 Å². The minimum Gasteiger partial charge on any atom is -0.376 e. The van der Waals surface area contributed by atoms with Gasteiger partial charge in [0.25, 0.3) is 0 Å². The monoisotopic (exact) mass is 511 g/mol. The molecule has 0 radical (unpaired) electrons. The predicted molar refractivity (Wildman–Crippen MR) is 130 cm³/mol. The Labute approximate surface area is 203 Å². The smallest absolute Gasteiger partial charge is 0.243 e. The average Bonchev–Trinajstić information content (AvgIpc) is 3.43. The Hall–Kier alpha value is -1.65. The van der Waals surface area contributed by atoms with E-state index < -0.39 is 15.8 Å². The van der Waals surface area contributed by atoms with E-state index in [0.717, 1.165) is 25.0 Å².